The third-order valence-corrected chi connectivity index (χ3v) is 8.78. The van der Waals surface area contributed by atoms with Gasteiger partial charge in [-0.15, -0.1) is 0 Å². The zero-order valence-corrected chi connectivity index (χ0v) is 24.6. The molecular formula is C42H31NO. The van der Waals surface area contributed by atoms with Crippen LogP contribution in [0.15, 0.2) is 161 Å². The molecule has 8 rings (SSSR count). The van der Waals surface area contributed by atoms with Crippen molar-refractivity contribution in [2.75, 3.05) is 0 Å². The van der Waals surface area contributed by atoms with Crippen molar-refractivity contribution in [3.05, 3.63) is 168 Å². The normalized spacial score (nSPS) is 18.0. The standard InChI is InChI=1S/C42H31NO/c1-28-24-25-32(29-14-5-2-6-15-29)26-38(31-18-9-4-10-19-31)43-41(28)36-23-13-22-35-40-34-21-12-11-20-33(34)37(27-39(40)44-42(35)36)30-16-7-3-8-17-30/h2-23,26-27H,24-25H2,1H3/b32-26+,41-28-,43-38-. The number of rotatable bonds is 4. The SMILES string of the molecule is C/C1=C(c2cccc3c2oc2cc(-c4ccccc4)c4ccccc4c23)/N=C(c2ccccc2)/C=C(/c2ccccc2)CC1. The van der Waals surface area contributed by atoms with Gasteiger partial charge in [0.15, 0.2) is 0 Å². The molecule has 7 aromatic rings. The Labute approximate surface area is 257 Å². The van der Waals surface area contributed by atoms with E-state index in [0.29, 0.717) is 0 Å². The van der Waals surface area contributed by atoms with Gasteiger partial charge in [-0.25, -0.2) is 4.99 Å². The van der Waals surface area contributed by atoms with Crippen LogP contribution in [0.5, 0.6) is 0 Å². The fourth-order valence-electron chi connectivity index (χ4n) is 6.56. The van der Waals surface area contributed by atoms with Gasteiger partial charge in [0.25, 0.3) is 0 Å². The highest BCUT2D eigenvalue weighted by molar-refractivity contribution is 6.23. The van der Waals surface area contributed by atoms with Crippen LogP contribution in [0, 0.1) is 0 Å². The molecule has 0 unspecified atom stereocenters. The predicted molar refractivity (Wildman–Crippen MR) is 186 cm³/mol. The van der Waals surface area contributed by atoms with Crippen molar-refractivity contribution in [1.82, 2.24) is 0 Å². The van der Waals surface area contributed by atoms with E-state index in [0.717, 1.165) is 57.3 Å². The van der Waals surface area contributed by atoms with Gasteiger partial charge >= 0.3 is 0 Å². The summed E-state index contributed by atoms with van der Waals surface area (Å²) in [5, 5.41) is 4.70. The molecule has 0 saturated carbocycles. The number of allylic oxidation sites excluding steroid dienone is 3. The van der Waals surface area contributed by atoms with E-state index in [-0.39, 0.29) is 0 Å². The lowest BCUT2D eigenvalue weighted by Crippen LogP contribution is -2.04. The average Bonchev–Trinajstić information content (AvgIpc) is 3.47. The number of benzene rings is 6. The second-order valence-corrected chi connectivity index (χ2v) is 11.5. The molecule has 0 atom stereocenters. The molecule has 6 aromatic carbocycles. The third kappa shape index (κ3) is 4.56. The fraction of sp³-hybridized carbons (Fsp3) is 0.0714. The lowest BCUT2D eigenvalue weighted by molar-refractivity contribution is 0.668. The van der Waals surface area contributed by atoms with Crippen molar-refractivity contribution < 1.29 is 4.42 Å². The maximum absolute atomic E-state index is 6.84. The number of nitrogens with zero attached hydrogens (tertiary/aromatic N) is 1. The largest absolute Gasteiger partial charge is 0.455 e. The van der Waals surface area contributed by atoms with Gasteiger partial charge in [0.05, 0.1) is 11.4 Å². The minimum absolute atomic E-state index is 0.885. The van der Waals surface area contributed by atoms with Crippen molar-refractivity contribution in [2.24, 2.45) is 4.99 Å². The summed E-state index contributed by atoms with van der Waals surface area (Å²) >= 11 is 0. The number of hydrogen-bond acceptors (Lipinski definition) is 2. The molecule has 0 bridgehead atoms. The van der Waals surface area contributed by atoms with Crippen LogP contribution in [0.4, 0.5) is 0 Å². The smallest absolute Gasteiger partial charge is 0.144 e. The Balaban J connectivity index is 1.37. The maximum Gasteiger partial charge on any atom is 0.144 e. The quantitative estimate of drug-likeness (QED) is 0.208. The van der Waals surface area contributed by atoms with Gasteiger partial charge < -0.3 is 4.42 Å². The van der Waals surface area contributed by atoms with E-state index >= 15 is 0 Å². The summed E-state index contributed by atoms with van der Waals surface area (Å²) in [4.78, 5) is 5.44. The van der Waals surface area contributed by atoms with Gasteiger partial charge in [0.1, 0.15) is 11.2 Å². The van der Waals surface area contributed by atoms with Crippen molar-refractivity contribution in [3.63, 3.8) is 0 Å². The summed E-state index contributed by atoms with van der Waals surface area (Å²) in [5.41, 5.74) is 12.0. The van der Waals surface area contributed by atoms with E-state index in [1.165, 1.54) is 38.6 Å². The fourth-order valence-corrected chi connectivity index (χ4v) is 6.56. The number of aliphatic imine (C=N–C) groups is 1. The molecule has 0 radical (unpaired) electrons. The van der Waals surface area contributed by atoms with E-state index in [1.807, 2.05) is 0 Å². The summed E-state index contributed by atoms with van der Waals surface area (Å²) in [6, 6.07) is 49.1. The summed E-state index contributed by atoms with van der Waals surface area (Å²) in [5.74, 6) is 0. The van der Waals surface area contributed by atoms with Gasteiger partial charge in [-0.2, -0.15) is 0 Å². The van der Waals surface area contributed by atoms with E-state index in [4.69, 9.17) is 9.41 Å². The first-order valence-electron chi connectivity index (χ1n) is 15.3. The third-order valence-electron chi connectivity index (χ3n) is 8.78. The second-order valence-electron chi connectivity index (χ2n) is 11.5. The number of fused-ring (bicyclic) bond motifs is 5. The van der Waals surface area contributed by atoms with Crippen LogP contribution in [-0.2, 0) is 0 Å². The minimum Gasteiger partial charge on any atom is -0.455 e. The molecule has 0 spiro atoms. The monoisotopic (exact) mass is 565 g/mol. The number of furan rings is 1. The van der Waals surface area contributed by atoms with E-state index in [2.05, 4.69) is 153 Å². The van der Waals surface area contributed by atoms with Gasteiger partial charge in [-0.1, -0.05) is 127 Å². The lowest BCUT2D eigenvalue weighted by atomic mass is 9.92. The van der Waals surface area contributed by atoms with Crippen LogP contribution >= 0.6 is 0 Å². The molecule has 0 fully saturated rings. The van der Waals surface area contributed by atoms with Gasteiger partial charge in [0.2, 0.25) is 0 Å². The highest BCUT2D eigenvalue weighted by Crippen LogP contribution is 2.43. The highest BCUT2D eigenvalue weighted by Gasteiger charge is 2.21. The lowest BCUT2D eigenvalue weighted by Gasteiger charge is -2.17. The molecular weight excluding hydrogens is 534 g/mol. The van der Waals surface area contributed by atoms with Gasteiger partial charge in [0, 0.05) is 21.9 Å². The summed E-state index contributed by atoms with van der Waals surface area (Å²) < 4.78 is 6.84. The molecule has 0 amide bonds. The van der Waals surface area contributed by atoms with Crippen LogP contribution in [-0.4, -0.2) is 5.71 Å². The first-order valence-corrected chi connectivity index (χ1v) is 15.3. The zero-order valence-electron chi connectivity index (χ0n) is 24.6. The Bertz CT molecular complexity index is 2250. The van der Waals surface area contributed by atoms with Gasteiger partial charge in [-0.3, -0.25) is 0 Å². The molecule has 2 nitrogen and oxygen atoms in total. The average molecular weight is 566 g/mol. The Hall–Kier alpha value is -5.47. The highest BCUT2D eigenvalue weighted by atomic mass is 16.3. The molecule has 0 aliphatic carbocycles. The minimum atomic E-state index is 0.885. The molecule has 2 heterocycles. The Morgan fingerprint density at radius 1 is 0.545 bits per heavy atom. The number of para-hydroxylation sites is 1. The van der Waals surface area contributed by atoms with Crippen LogP contribution in [0.2, 0.25) is 0 Å². The summed E-state index contributed by atoms with van der Waals surface area (Å²) in [6.07, 6.45) is 4.13. The second kappa shape index (κ2) is 11.0. The molecule has 2 heteroatoms. The van der Waals surface area contributed by atoms with Crippen LogP contribution < -0.4 is 0 Å². The molecule has 1 aliphatic heterocycles. The first-order chi connectivity index (χ1) is 21.7. The maximum atomic E-state index is 6.84. The predicted octanol–water partition coefficient (Wildman–Crippen LogP) is 11.5. The van der Waals surface area contributed by atoms with Crippen molar-refractivity contribution in [1.29, 1.82) is 0 Å². The topological polar surface area (TPSA) is 25.5 Å². The number of hydrogen-bond donors (Lipinski definition) is 0. The van der Waals surface area contributed by atoms with Crippen molar-refractivity contribution in [3.8, 4) is 11.1 Å². The molecule has 1 aromatic heterocycles. The van der Waals surface area contributed by atoms with E-state index < -0.39 is 0 Å². The van der Waals surface area contributed by atoms with Crippen LogP contribution in [0.25, 0.3) is 55.1 Å². The van der Waals surface area contributed by atoms with Crippen LogP contribution in [0.3, 0.4) is 0 Å². The summed E-state index contributed by atoms with van der Waals surface area (Å²) in [6.45, 7) is 2.22. The van der Waals surface area contributed by atoms with Crippen LogP contribution in [0.1, 0.15) is 36.5 Å². The molecule has 0 N–H and O–H groups in total. The van der Waals surface area contributed by atoms with E-state index in [1.54, 1.807) is 0 Å². The van der Waals surface area contributed by atoms with E-state index in [9.17, 15) is 0 Å². The molecule has 1 aliphatic rings. The molecule has 0 saturated heterocycles. The molecule has 210 valence electrons. The van der Waals surface area contributed by atoms with Crippen molar-refractivity contribution >= 4 is 49.7 Å². The van der Waals surface area contributed by atoms with Crippen molar-refractivity contribution in [2.45, 2.75) is 19.8 Å². The molecule has 44 heavy (non-hydrogen) atoms. The first kappa shape index (κ1) is 26.2. The Kier molecular flexibility index (Phi) is 6.53. The Morgan fingerprint density at radius 3 is 1.89 bits per heavy atom. The zero-order chi connectivity index (χ0) is 29.5. The summed E-state index contributed by atoms with van der Waals surface area (Å²) in [7, 11) is 0. The Morgan fingerprint density at radius 2 is 1.16 bits per heavy atom. The van der Waals surface area contributed by atoms with Gasteiger partial charge in [-0.05, 0) is 76.6 Å².